The highest BCUT2D eigenvalue weighted by Crippen LogP contribution is 2.17. The van der Waals surface area contributed by atoms with Crippen LogP contribution in [0.3, 0.4) is 0 Å². The van der Waals surface area contributed by atoms with Gasteiger partial charge >= 0.3 is 6.18 Å². The molecule has 1 atom stereocenters. The Morgan fingerprint density at radius 2 is 2.11 bits per heavy atom. The lowest BCUT2D eigenvalue weighted by Crippen LogP contribution is -2.39. The van der Waals surface area contributed by atoms with Crippen molar-refractivity contribution in [2.24, 2.45) is 0 Å². The minimum Gasteiger partial charge on any atom is -0.395 e. The van der Waals surface area contributed by atoms with Crippen molar-refractivity contribution in [1.29, 1.82) is 0 Å². The highest BCUT2D eigenvalue weighted by atomic mass is 19.4. The second-order valence-electron chi connectivity index (χ2n) is 4.35. The van der Waals surface area contributed by atoms with Gasteiger partial charge in [0, 0.05) is 19.1 Å². The molecule has 0 aliphatic heterocycles. The van der Waals surface area contributed by atoms with Crippen LogP contribution in [0, 0.1) is 0 Å². The van der Waals surface area contributed by atoms with Crippen LogP contribution in [0.1, 0.15) is 19.3 Å². The summed E-state index contributed by atoms with van der Waals surface area (Å²) < 4.78 is 40.3. The first-order valence-corrected chi connectivity index (χ1v) is 6.19. The number of hydrogen-bond acceptors (Lipinski definition) is 3. The Hall–Kier alpha value is -0.590. The average molecular weight is 267 g/mol. The third-order valence-corrected chi connectivity index (χ3v) is 2.87. The number of rotatable bonds is 7. The molecule has 1 aliphatic carbocycles. The molecule has 0 amide bonds. The summed E-state index contributed by atoms with van der Waals surface area (Å²) in [6.45, 7) is -0.302. The van der Waals surface area contributed by atoms with Gasteiger partial charge in [0.05, 0.1) is 13.2 Å². The van der Waals surface area contributed by atoms with Crippen molar-refractivity contribution in [3.63, 3.8) is 0 Å². The topological polar surface area (TPSA) is 32.7 Å². The molecule has 3 nitrogen and oxygen atoms in total. The van der Waals surface area contributed by atoms with Gasteiger partial charge in [0.1, 0.15) is 6.61 Å². The Bertz CT molecular complexity index is 256. The minimum absolute atomic E-state index is 0.00358. The fourth-order valence-corrected chi connectivity index (χ4v) is 2.04. The van der Waals surface area contributed by atoms with Gasteiger partial charge in [-0.2, -0.15) is 13.2 Å². The summed E-state index contributed by atoms with van der Waals surface area (Å²) in [6, 6.07) is 0.209. The third-order valence-electron chi connectivity index (χ3n) is 2.87. The fourth-order valence-electron chi connectivity index (χ4n) is 2.04. The first-order valence-electron chi connectivity index (χ1n) is 6.19. The molecule has 0 saturated carbocycles. The van der Waals surface area contributed by atoms with E-state index in [9.17, 15) is 13.2 Å². The number of allylic oxidation sites excluding steroid dienone is 1. The van der Waals surface area contributed by atoms with Crippen molar-refractivity contribution in [2.75, 3.05) is 32.9 Å². The number of ether oxygens (including phenoxy) is 1. The standard InChI is InChI=1S/C12H20F3NO2/c13-12(14,15)10-18-9-7-16(6-8-17)11-4-2-1-3-5-11/h2,4,11,17H,1,3,5-10H2/t11-/m1/s1. The maximum Gasteiger partial charge on any atom is 0.411 e. The molecule has 0 heterocycles. The molecule has 0 bridgehead atoms. The summed E-state index contributed by atoms with van der Waals surface area (Å²) in [4.78, 5) is 1.96. The number of halogens is 3. The summed E-state index contributed by atoms with van der Waals surface area (Å²) in [6.07, 6.45) is 2.97. The molecular formula is C12H20F3NO2. The van der Waals surface area contributed by atoms with E-state index in [2.05, 4.69) is 16.9 Å². The fraction of sp³-hybridized carbons (Fsp3) is 0.833. The highest BCUT2D eigenvalue weighted by Gasteiger charge is 2.27. The van der Waals surface area contributed by atoms with E-state index in [4.69, 9.17) is 5.11 Å². The van der Waals surface area contributed by atoms with Gasteiger partial charge in [-0.1, -0.05) is 12.2 Å². The van der Waals surface area contributed by atoms with Crippen molar-refractivity contribution < 1.29 is 23.0 Å². The zero-order valence-electron chi connectivity index (χ0n) is 10.3. The molecule has 0 saturated heterocycles. The zero-order valence-corrected chi connectivity index (χ0v) is 10.3. The van der Waals surface area contributed by atoms with Crippen LogP contribution < -0.4 is 0 Å². The molecule has 0 fully saturated rings. The largest absolute Gasteiger partial charge is 0.411 e. The maximum atomic E-state index is 11.9. The maximum absolute atomic E-state index is 11.9. The van der Waals surface area contributed by atoms with Gasteiger partial charge in [0.25, 0.3) is 0 Å². The third kappa shape index (κ3) is 6.37. The molecule has 0 aromatic carbocycles. The molecule has 0 aromatic rings. The van der Waals surface area contributed by atoms with Gasteiger partial charge in [-0.3, -0.25) is 4.90 Å². The predicted octanol–water partition coefficient (Wildman–Crippen LogP) is 1.97. The number of aliphatic hydroxyl groups excluding tert-OH is 1. The first kappa shape index (κ1) is 15.5. The molecule has 1 N–H and O–H groups in total. The van der Waals surface area contributed by atoms with Crippen molar-refractivity contribution in [2.45, 2.75) is 31.5 Å². The molecule has 1 aliphatic rings. The lowest BCUT2D eigenvalue weighted by Gasteiger charge is -2.30. The molecule has 0 spiro atoms. The molecule has 6 heteroatoms. The Labute approximate surface area is 105 Å². The highest BCUT2D eigenvalue weighted by molar-refractivity contribution is 4.98. The van der Waals surface area contributed by atoms with Crippen molar-refractivity contribution in [1.82, 2.24) is 4.90 Å². The minimum atomic E-state index is -4.27. The number of hydrogen-bond donors (Lipinski definition) is 1. The van der Waals surface area contributed by atoms with Crippen LogP contribution in [0.15, 0.2) is 12.2 Å². The molecule has 0 unspecified atom stereocenters. The second-order valence-corrected chi connectivity index (χ2v) is 4.35. The van der Waals surface area contributed by atoms with Gasteiger partial charge in [-0.25, -0.2) is 0 Å². The van der Waals surface area contributed by atoms with E-state index in [0.717, 1.165) is 19.3 Å². The molecule has 18 heavy (non-hydrogen) atoms. The van der Waals surface area contributed by atoms with E-state index in [1.165, 1.54) is 0 Å². The van der Waals surface area contributed by atoms with E-state index >= 15 is 0 Å². The van der Waals surface area contributed by atoms with E-state index in [-0.39, 0.29) is 19.3 Å². The number of alkyl halides is 3. The summed E-state index contributed by atoms with van der Waals surface area (Å²) in [5, 5.41) is 8.97. The Balaban J connectivity index is 2.29. The number of aliphatic hydroxyl groups is 1. The van der Waals surface area contributed by atoms with E-state index in [1.54, 1.807) is 0 Å². The van der Waals surface area contributed by atoms with Crippen molar-refractivity contribution in [3.8, 4) is 0 Å². The summed E-state index contributed by atoms with van der Waals surface area (Å²) in [5.74, 6) is 0. The predicted molar refractivity (Wildman–Crippen MR) is 62.3 cm³/mol. The van der Waals surface area contributed by atoms with Crippen LogP contribution in [-0.4, -0.2) is 55.1 Å². The summed E-state index contributed by atoms with van der Waals surface area (Å²) in [5.41, 5.74) is 0. The van der Waals surface area contributed by atoms with Crippen LogP contribution in [0.25, 0.3) is 0 Å². The van der Waals surface area contributed by atoms with E-state index < -0.39 is 12.8 Å². The van der Waals surface area contributed by atoms with E-state index in [0.29, 0.717) is 13.1 Å². The van der Waals surface area contributed by atoms with Crippen LogP contribution in [0.5, 0.6) is 0 Å². The Morgan fingerprint density at radius 3 is 2.67 bits per heavy atom. The lowest BCUT2D eigenvalue weighted by atomic mass is 10.0. The Kier molecular flexibility index (Phi) is 6.67. The van der Waals surface area contributed by atoms with Crippen molar-refractivity contribution >= 4 is 0 Å². The van der Waals surface area contributed by atoms with Crippen LogP contribution >= 0.6 is 0 Å². The number of nitrogens with zero attached hydrogens (tertiary/aromatic N) is 1. The normalized spacial score (nSPS) is 20.6. The SMILES string of the molecule is OCCN(CCOCC(F)(F)F)[C@@H]1C=CCCC1. The summed E-state index contributed by atoms with van der Waals surface area (Å²) >= 11 is 0. The quantitative estimate of drug-likeness (QED) is 0.565. The lowest BCUT2D eigenvalue weighted by molar-refractivity contribution is -0.174. The smallest absolute Gasteiger partial charge is 0.395 e. The average Bonchev–Trinajstić information content (AvgIpc) is 2.33. The zero-order chi connectivity index (χ0) is 13.4. The molecule has 106 valence electrons. The molecular weight excluding hydrogens is 247 g/mol. The Morgan fingerprint density at radius 1 is 1.33 bits per heavy atom. The molecule has 0 aromatic heterocycles. The second kappa shape index (κ2) is 7.76. The van der Waals surface area contributed by atoms with Crippen LogP contribution in [0.2, 0.25) is 0 Å². The van der Waals surface area contributed by atoms with Gasteiger partial charge in [0.2, 0.25) is 0 Å². The first-order chi connectivity index (χ1) is 8.53. The molecule has 0 radical (unpaired) electrons. The van der Waals surface area contributed by atoms with Gasteiger partial charge in [-0.15, -0.1) is 0 Å². The van der Waals surface area contributed by atoms with Crippen LogP contribution in [0.4, 0.5) is 13.2 Å². The summed E-state index contributed by atoms with van der Waals surface area (Å²) in [7, 11) is 0. The van der Waals surface area contributed by atoms with Crippen molar-refractivity contribution in [3.05, 3.63) is 12.2 Å². The monoisotopic (exact) mass is 267 g/mol. The van der Waals surface area contributed by atoms with Gasteiger partial charge in [0.15, 0.2) is 0 Å². The van der Waals surface area contributed by atoms with Gasteiger partial charge in [-0.05, 0) is 19.3 Å². The van der Waals surface area contributed by atoms with E-state index in [1.807, 2.05) is 4.90 Å². The van der Waals surface area contributed by atoms with Gasteiger partial charge < -0.3 is 9.84 Å². The molecule has 1 rings (SSSR count). The van der Waals surface area contributed by atoms with Crippen LogP contribution in [-0.2, 0) is 4.74 Å².